The van der Waals surface area contributed by atoms with Gasteiger partial charge in [0.05, 0.1) is 10.9 Å². The fourth-order valence-corrected chi connectivity index (χ4v) is 5.73. The summed E-state index contributed by atoms with van der Waals surface area (Å²) in [6.07, 6.45) is 5.49. The molecule has 2 aromatic carbocycles. The first-order valence-electron chi connectivity index (χ1n) is 12.0. The molecule has 7 nitrogen and oxygen atoms in total. The van der Waals surface area contributed by atoms with E-state index in [9.17, 15) is 9.59 Å². The average molecular weight is 444 g/mol. The van der Waals surface area contributed by atoms with Crippen molar-refractivity contribution in [1.29, 1.82) is 0 Å². The second-order valence-corrected chi connectivity index (χ2v) is 9.80. The van der Waals surface area contributed by atoms with Crippen molar-refractivity contribution in [3.63, 3.8) is 0 Å². The molecule has 1 N–H and O–H groups in total. The van der Waals surface area contributed by atoms with Crippen molar-refractivity contribution < 1.29 is 4.79 Å². The molecule has 7 heteroatoms. The van der Waals surface area contributed by atoms with Crippen LogP contribution in [0.25, 0.3) is 10.9 Å². The minimum Gasteiger partial charge on any atom is -0.370 e. The Morgan fingerprint density at radius 1 is 0.879 bits per heavy atom. The zero-order chi connectivity index (χ0) is 22.4. The van der Waals surface area contributed by atoms with E-state index in [0.717, 1.165) is 18.7 Å². The van der Waals surface area contributed by atoms with Gasteiger partial charge >= 0.3 is 0 Å². The summed E-state index contributed by atoms with van der Waals surface area (Å²) in [5.74, 6) is 0.641. The van der Waals surface area contributed by atoms with Gasteiger partial charge in [-0.3, -0.25) is 14.6 Å². The molecule has 0 unspecified atom stereocenters. The quantitative estimate of drug-likeness (QED) is 0.673. The Labute approximate surface area is 193 Å². The summed E-state index contributed by atoms with van der Waals surface area (Å²) in [4.78, 5) is 39.3. The molecular formula is C26H29N5O2. The smallest absolute Gasteiger partial charge is 0.260 e. The maximum absolute atomic E-state index is 13.1. The monoisotopic (exact) mass is 443 g/mol. The first-order valence-corrected chi connectivity index (χ1v) is 12.0. The largest absolute Gasteiger partial charge is 0.370 e. The number of piperazine rings is 1. The number of carbonyl (C=O) groups is 1. The van der Waals surface area contributed by atoms with Crippen LogP contribution in [0.2, 0.25) is 0 Å². The third-order valence-electron chi connectivity index (χ3n) is 7.66. The highest BCUT2D eigenvalue weighted by Crippen LogP contribution is 2.46. The van der Waals surface area contributed by atoms with Crippen molar-refractivity contribution in [2.45, 2.75) is 25.7 Å². The SMILES string of the molecule is O=C(c1ccc(N2CC3(CCCC3)C2)cc1)N1CCN(c2nc3ccccc3c(=O)[nH]2)CC1. The number of anilines is 2. The summed E-state index contributed by atoms with van der Waals surface area (Å²) in [7, 11) is 0. The fourth-order valence-electron chi connectivity index (χ4n) is 5.73. The second-order valence-electron chi connectivity index (χ2n) is 9.80. The average Bonchev–Trinajstić information content (AvgIpc) is 3.34. The number of rotatable bonds is 3. The van der Waals surface area contributed by atoms with Crippen LogP contribution in [0.3, 0.4) is 0 Å². The predicted octanol–water partition coefficient (Wildman–Crippen LogP) is 3.27. The Kier molecular flexibility index (Phi) is 4.85. The number of H-pyrrole nitrogens is 1. The van der Waals surface area contributed by atoms with Crippen LogP contribution in [0.15, 0.2) is 53.3 Å². The molecule has 3 aromatic rings. The van der Waals surface area contributed by atoms with Gasteiger partial charge in [-0.1, -0.05) is 25.0 Å². The van der Waals surface area contributed by atoms with E-state index in [4.69, 9.17) is 0 Å². The molecule has 3 fully saturated rings. The van der Waals surface area contributed by atoms with Crippen molar-refractivity contribution in [3.05, 3.63) is 64.4 Å². The molecule has 2 saturated heterocycles. The molecule has 1 spiro atoms. The van der Waals surface area contributed by atoms with Crippen molar-refractivity contribution in [2.75, 3.05) is 49.1 Å². The highest BCUT2D eigenvalue weighted by Gasteiger charge is 2.44. The van der Waals surface area contributed by atoms with Crippen molar-refractivity contribution in [2.24, 2.45) is 5.41 Å². The molecule has 33 heavy (non-hydrogen) atoms. The second kappa shape index (κ2) is 7.90. The van der Waals surface area contributed by atoms with Crippen molar-refractivity contribution in [1.82, 2.24) is 14.9 Å². The molecule has 0 bridgehead atoms. The van der Waals surface area contributed by atoms with Crippen molar-refractivity contribution in [3.8, 4) is 0 Å². The van der Waals surface area contributed by atoms with Crippen LogP contribution in [-0.4, -0.2) is 60.0 Å². The number of carbonyl (C=O) groups excluding carboxylic acids is 1. The van der Waals surface area contributed by atoms with Crippen LogP contribution in [-0.2, 0) is 0 Å². The summed E-state index contributed by atoms with van der Waals surface area (Å²) in [5.41, 5.74) is 3.09. The standard InChI is InChI=1S/C26H29N5O2/c32-23-21-5-1-2-6-22(21)27-25(28-23)30-15-13-29(14-16-30)24(33)19-7-9-20(10-8-19)31-17-26(18-31)11-3-4-12-26/h1-2,5-10H,3-4,11-18H2,(H,27,28,32). The van der Waals surface area contributed by atoms with E-state index in [1.807, 2.05) is 40.1 Å². The lowest BCUT2D eigenvalue weighted by atomic mass is 9.78. The third-order valence-corrected chi connectivity index (χ3v) is 7.66. The number of amides is 1. The van der Waals surface area contributed by atoms with Gasteiger partial charge in [0.1, 0.15) is 0 Å². The van der Waals surface area contributed by atoms with Crippen molar-refractivity contribution >= 4 is 28.4 Å². The number of fused-ring (bicyclic) bond motifs is 1. The van der Waals surface area contributed by atoms with Gasteiger partial charge in [0.15, 0.2) is 0 Å². The predicted molar refractivity (Wildman–Crippen MR) is 130 cm³/mol. The lowest BCUT2D eigenvalue weighted by Gasteiger charge is -2.49. The Balaban J connectivity index is 1.08. The minimum atomic E-state index is -0.129. The zero-order valence-electron chi connectivity index (χ0n) is 18.8. The van der Waals surface area contributed by atoms with E-state index in [0.29, 0.717) is 48.4 Å². The molecule has 0 atom stereocenters. The van der Waals surface area contributed by atoms with E-state index >= 15 is 0 Å². The van der Waals surface area contributed by atoms with Gasteiger partial charge in [-0.05, 0) is 49.2 Å². The summed E-state index contributed by atoms with van der Waals surface area (Å²) >= 11 is 0. The third kappa shape index (κ3) is 3.65. The summed E-state index contributed by atoms with van der Waals surface area (Å²) in [6, 6.07) is 15.5. The highest BCUT2D eigenvalue weighted by atomic mass is 16.2. The first kappa shape index (κ1) is 20.3. The number of nitrogens with zero attached hydrogens (tertiary/aromatic N) is 4. The number of hydrogen-bond donors (Lipinski definition) is 1. The van der Waals surface area contributed by atoms with Crippen LogP contribution in [0.1, 0.15) is 36.0 Å². The number of aromatic amines is 1. The Bertz CT molecular complexity index is 1230. The van der Waals surface area contributed by atoms with Crippen LogP contribution in [0.5, 0.6) is 0 Å². The molecule has 2 aliphatic heterocycles. The zero-order valence-corrected chi connectivity index (χ0v) is 18.8. The lowest BCUT2D eigenvalue weighted by Crippen LogP contribution is -2.55. The molecule has 170 valence electrons. The maximum Gasteiger partial charge on any atom is 0.260 e. The number of para-hydroxylation sites is 1. The Morgan fingerprint density at radius 3 is 2.30 bits per heavy atom. The molecule has 6 rings (SSSR count). The van der Waals surface area contributed by atoms with E-state index in [2.05, 4.69) is 27.0 Å². The van der Waals surface area contributed by atoms with Gasteiger partial charge in [0.25, 0.3) is 11.5 Å². The topological polar surface area (TPSA) is 72.5 Å². The van der Waals surface area contributed by atoms with E-state index in [1.165, 1.54) is 31.4 Å². The van der Waals surface area contributed by atoms with Crippen LogP contribution in [0, 0.1) is 5.41 Å². The molecule has 3 heterocycles. The van der Waals surface area contributed by atoms with E-state index in [1.54, 1.807) is 6.07 Å². The maximum atomic E-state index is 13.1. The van der Waals surface area contributed by atoms with Gasteiger partial charge in [0, 0.05) is 55.9 Å². The van der Waals surface area contributed by atoms with Gasteiger partial charge in [-0.2, -0.15) is 0 Å². The Hall–Kier alpha value is -3.35. The number of nitrogens with one attached hydrogen (secondary N) is 1. The number of aromatic nitrogens is 2. The van der Waals surface area contributed by atoms with Gasteiger partial charge in [0.2, 0.25) is 5.95 Å². The van der Waals surface area contributed by atoms with E-state index < -0.39 is 0 Å². The minimum absolute atomic E-state index is 0.0667. The molecule has 0 radical (unpaired) electrons. The van der Waals surface area contributed by atoms with Crippen LogP contribution < -0.4 is 15.4 Å². The van der Waals surface area contributed by atoms with Gasteiger partial charge in [-0.15, -0.1) is 0 Å². The Morgan fingerprint density at radius 2 is 1.58 bits per heavy atom. The normalized spacial score (nSPS) is 19.8. The lowest BCUT2D eigenvalue weighted by molar-refractivity contribution is 0.0746. The number of benzene rings is 2. The fraction of sp³-hybridized carbons (Fsp3) is 0.423. The van der Waals surface area contributed by atoms with Crippen LogP contribution in [0.4, 0.5) is 11.6 Å². The number of hydrogen-bond acceptors (Lipinski definition) is 5. The first-order chi connectivity index (χ1) is 16.1. The summed E-state index contributed by atoms with van der Waals surface area (Å²) in [6.45, 7) is 4.81. The molecule has 3 aliphatic rings. The van der Waals surface area contributed by atoms with Crippen LogP contribution >= 0.6 is 0 Å². The van der Waals surface area contributed by atoms with Gasteiger partial charge in [-0.25, -0.2) is 4.98 Å². The summed E-state index contributed by atoms with van der Waals surface area (Å²) < 4.78 is 0. The molecule has 1 aromatic heterocycles. The highest BCUT2D eigenvalue weighted by molar-refractivity contribution is 5.94. The molecule has 1 aliphatic carbocycles. The molecule has 1 saturated carbocycles. The summed E-state index contributed by atoms with van der Waals surface area (Å²) in [5, 5.41) is 0.593. The molecular weight excluding hydrogens is 414 g/mol. The van der Waals surface area contributed by atoms with E-state index in [-0.39, 0.29) is 11.5 Å². The molecule has 1 amide bonds. The van der Waals surface area contributed by atoms with Gasteiger partial charge < -0.3 is 14.7 Å².